The number of fused-ring (bicyclic) bond motifs is 1. The van der Waals surface area contributed by atoms with Gasteiger partial charge in [0.15, 0.2) is 0 Å². The molecule has 40 heavy (non-hydrogen) atoms. The Labute approximate surface area is 236 Å². The molecule has 3 atom stereocenters. The summed E-state index contributed by atoms with van der Waals surface area (Å²) in [6.45, 7) is 2.31. The molecular weight excluding hydrogens is 502 g/mol. The van der Waals surface area contributed by atoms with E-state index in [1.54, 1.807) is 4.90 Å². The summed E-state index contributed by atoms with van der Waals surface area (Å²) in [6.07, 6.45) is 9.51. The zero-order valence-electron chi connectivity index (χ0n) is 23.3. The summed E-state index contributed by atoms with van der Waals surface area (Å²) in [7, 11) is 0. The van der Waals surface area contributed by atoms with Gasteiger partial charge in [0, 0.05) is 32.0 Å². The van der Waals surface area contributed by atoms with Crippen LogP contribution in [0.2, 0.25) is 0 Å². The molecule has 7 nitrogen and oxygen atoms in total. The lowest BCUT2D eigenvalue weighted by molar-refractivity contribution is -0.144. The molecule has 0 radical (unpaired) electrons. The molecule has 7 heteroatoms. The van der Waals surface area contributed by atoms with Crippen LogP contribution in [0.3, 0.4) is 0 Å². The van der Waals surface area contributed by atoms with Crippen molar-refractivity contribution in [3.63, 3.8) is 0 Å². The van der Waals surface area contributed by atoms with Crippen molar-refractivity contribution < 1.29 is 19.2 Å². The normalized spacial score (nSPS) is 21.4. The highest BCUT2D eigenvalue weighted by Gasteiger charge is 2.47. The third-order valence-electron chi connectivity index (χ3n) is 8.56. The van der Waals surface area contributed by atoms with E-state index in [-0.39, 0.29) is 61.0 Å². The Morgan fingerprint density at radius 3 is 2.23 bits per heavy atom. The van der Waals surface area contributed by atoms with Gasteiger partial charge in [0.05, 0.1) is 11.8 Å². The first-order valence-electron chi connectivity index (χ1n) is 14.6. The number of rotatable bonds is 10. The quantitative estimate of drug-likeness (QED) is 0.358. The highest BCUT2D eigenvalue weighted by atomic mass is 16.2. The first-order chi connectivity index (χ1) is 19.4. The second-order valence-electron chi connectivity index (χ2n) is 11.4. The van der Waals surface area contributed by atoms with E-state index in [1.807, 2.05) is 73.7 Å². The van der Waals surface area contributed by atoms with Gasteiger partial charge in [0.2, 0.25) is 23.6 Å². The van der Waals surface area contributed by atoms with E-state index >= 15 is 0 Å². The number of hydrogen-bond acceptors (Lipinski definition) is 4. The fraction of sp³-hybridized carbons (Fsp3) is 0.455. The van der Waals surface area contributed by atoms with Crippen LogP contribution in [0.25, 0.3) is 0 Å². The van der Waals surface area contributed by atoms with Gasteiger partial charge >= 0.3 is 0 Å². The van der Waals surface area contributed by atoms with E-state index in [2.05, 4.69) is 5.32 Å². The van der Waals surface area contributed by atoms with Gasteiger partial charge < -0.3 is 10.2 Å². The molecule has 1 heterocycles. The van der Waals surface area contributed by atoms with Crippen molar-refractivity contribution in [2.24, 2.45) is 11.8 Å². The molecule has 2 aromatic carbocycles. The second-order valence-corrected chi connectivity index (χ2v) is 11.4. The number of benzene rings is 2. The third-order valence-corrected chi connectivity index (χ3v) is 8.56. The molecule has 1 saturated heterocycles. The highest BCUT2D eigenvalue weighted by molar-refractivity contribution is 6.05. The van der Waals surface area contributed by atoms with Crippen molar-refractivity contribution in [2.75, 3.05) is 6.54 Å². The van der Waals surface area contributed by atoms with Crippen LogP contribution in [-0.2, 0) is 32.1 Å². The smallest absolute Gasteiger partial charge is 0.243 e. The predicted molar refractivity (Wildman–Crippen MR) is 153 cm³/mol. The largest absolute Gasteiger partial charge is 0.352 e. The molecule has 4 amide bonds. The van der Waals surface area contributed by atoms with E-state index in [0.29, 0.717) is 19.3 Å². The van der Waals surface area contributed by atoms with Crippen molar-refractivity contribution in [3.05, 3.63) is 83.4 Å². The number of carbonyl (C=O) groups excluding carboxylic acids is 4. The van der Waals surface area contributed by atoms with E-state index in [4.69, 9.17) is 0 Å². The number of aryl methyl sites for hydroxylation is 1. The number of nitrogens with zero attached hydrogens (tertiary/aromatic N) is 2. The molecule has 3 aliphatic rings. The van der Waals surface area contributed by atoms with Crippen molar-refractivity contribution in [2.45, 2.75) is 76.9 Å². The van der Waals surface area contributed by atoms with Crippen LogP contribution in [0.4, 0.5) is 0 Å². The molecule has 210 valence electrons. The number of hydrogen-bond donors (Lipinski definition) is 1. The van der Waals surface area contributed by atoms with E-state index in [0.717, 1.165) is 42.4 Å². The molecule has 0 aromatic heterocycles. The lowest BCUT2D eigenvalue weighted by atomic mass is 9.85. The minimum Gasteiger partial charge on any atom is -0.352 e. The average molecular weight is 542 g/mol. The molecule has 1 aliphatic heterocycles. The molecule has 1 unspecified atom stereocenters. The second kappa shape index (κ2) is 12.6. The molecule has 0 spiro atoms. The minimum atomic E-state index is -0.715. The van der Waals surface area contributed by atoms with Crippen molar-refractivity contribution >= 4 is 23.6 Å². The molecule has 2 fully saturated rings. The zero-order valence-corrected chi connectivity index (χ0v) is 23.3. The van der Waals surface area contributed by atoms with Gasteiger partial charge in [-0.15, -0.1) is 0 Å². The number of allylic oxidation sites excluding steroid dienone is 2. The monoisotopic (exact) mass is 541 g/mol. The summed E-state index contributed by atoms with van der Waals surface area (Å²) in [4.78, 5) is 56.8. The Balaban J connectivity index is 1.39. The van der Waals surface area contributed by atoms with Crippen LogP contribution in [0.5, 0.6) is 0 Å². The third kappa shape index (κ3) is 6.35. The van der Waals surface area contributed by atoms with Crippen LogP contribution in [-0.4, -0.2) is 52.1 Å². The maximum atomic E-state index is 14.0. The van der Waals surface area contributed by atoms with Gasteiger partial charge in [-0.05, 0) is 43.7 Å². The highest BCUT2D eigenvalue weighted by Crippen LogP contribution is 2.35. The Morgan fingerprint density at radius 1 is 0.925 bits per heavy atom. The van der Waals surface area contributed by atoms with Gasteiger partial charge in [-0.3, -0.25) is 24.1 Å². The lowest BCUT2D eigenvalue weighted by Gasteiger charge is -2.33. The number of imide groups is 1. The Morgan fingerprint density at radius 2 is 1.57 bits per heavy atom. The van der Waals surface area contributed by atoms with E-state index < -0.39 is 6.04 Å². The molecule has 1 saturated carbocycles. The predicted octanol–water partition coefficient (Wildman–Crippen LogP) is 4.34. The Hall–Kier alpha value is -3.74. The SMILES string of the molecule is Cc1cccc(CN(C(=O)CCN2C(=O)[C@H]3CC=CC[C@H]3C2=O)C(Cc2ccccc2)C(=O)NC2CCCC2)c1. The standard InChI is InChI=1S/C33H39N3O4/c1-23-10-9-13-25(20-23)22-36(30(37)18-19-35-32(39)27-16-7-8-17-28(27)33(35)40)29(21-24-11-3-2-4-12-24)31(38)34-26-14-5-6-15-26/h2-4,7-13,20,26-29H,5-6,14-19,21-22H2,1H3,(H,34,38)/t27-,28+,29?. The molecule has 2 aromatic rings. The molecular formula is C33H39N3O4. The van der Waals surface area contributed by atoms with Crippen LogP contribution in [0.1, 0.15) is 61.6 Å². The summed E-state index contributed by atoms with van der Waals surface area (Å²) in [5.74, 6) is -1.40. The van der Waals surface area contributed by atoms with Gasteiger partial charge in [0.25, 0.3) is 0 Å². The number of amides is 4. The number of likely N-dealkylation sites (tertiary alicyclic amines) is 1. The Bertz CT molecular complexity index is 1240. The topological polar surface area (TPSA) is 86.8 Å². The first-order valence-corrected chi connectivity index (χ1v) is 14.6. The van der Waals surface area contributed by atoms with E-state index in [1.165, 1.54) is 4.90 Å². The van der Waals surface area contributed by atoms with Crippen molar-refractivity contribution in [1.82, 2.24) is 15.1 Å². The molecule has 2 aliphatic carbocycles. The maximum Gasteiger partial charge on any atom is 0.243 e. The van der Waals surface area contributed by atoms with Crippen LogP contribution in [0, 0.1) is 18.8 Å². The van der Waals surface area contributed by atoms with Gasteiger partial charge in [-0.1, -0.05) is 85.2 Å². The van der Waals surface area contributed by atoms with Crippen LogP contribution >= 0.6 is 0 Å². The summed E-state index contributed by atoms with van der Waals surface area (Å²) in [5.41, 5.74) is 2.98. The van der Waals surface area contributed by atoms with E-state index in [9.17, 15) is 19.2 Å². The summed E-state index contributed by atoms with van der Waals surface area (Å²) >= 11 is 0. The van der Waals surface area contributed by atoms with Gasteiger partial charge in [0.1, 0.15) is 6.04 Å². The average Bonchev–Trinajstić information content (AvgIpc) is 3.56. The summed E-state index contributed by atoms with van der Waals surface area (Å²) in [5, 5.41) is 3.22. The minimum absolute atomic E-state index is 0.0157. The van der Waals surface area contributed by atoms with Crippen molar-refractivity contribution in [1.29, 1.82) is 0 Å². The molecule has 1 N–H and O–H groups in total. The molecule has 0 bridgehead atoms. The first kappa shape index (κ1) is 27.8. The number of carbonyl (C=O) groups is 4. The number of nitrogens with one attached hydrogen (secondary N) is 1. The van der Waals surface area contributed by atoms with Crippen LogP contribution in [0.15, 0.2) is 66.7 Å². The lowest BCUT2D eigenvalue weighted by Crippen LogP contribution is -2.52. The fourth-order valence-electron chi connectivity index (χ4n) is 6.37. The maximum absolute atomic E-state index is 14.0. The zero-order chi connectivity index (χ0) is 28.1. The Kier molecular flexibility index (Phi) is 8.78. The van der Waals surface area contributed by atoms with Gasteiger partial charge in [-0.25, -0.2) is 0 Å². The summed E-state index contributed by atoms with van der Waals surface area (Å²) in [6, 6.07) is 17.1. The fourth-order valence-corrected chi connectivity index (χ4v) is 6.37. The van der Waals surface area contributed by atoms with Crippen molar-refractivity contribution in [3.8, 4) is 0 Å². The van der Waals surface area contributed by atoms with Gasteiger partial charge in [-0.2, -0.15) is 0 Å². The summed E-state index contributed by atoms with van der Waals surface area (Å²) < 4.78 is 0. The van der Waals surface area contributed by atoms with Crippen LogP contribution < -0.4 is 5.32 Å². The molecule has 5 rings (SSSR count).